The van der Waals surface area contributed by atoms with Crippen molar-refractivity contribution in [1.29, 1.82) is 0 Å². The fourth-order valence-electron chi connectivity index (χ4n) is 3.46. The van der Waals surface area contributed by atoms with Crippen LogP contribution in [0.15, 0.2) is 59.4 Å². The highest BCUT2D eigenvalue weighted by atomic mass is 32.1. The van der Waals surface area contributed by atoms with Crippen molar-refractivity contribution in [2.45, 2.75) is 13.1 Å². The van der Waals surface area contributed by atoms with Gasteiger partial charge in [0.05, 0.1) is 11.9 Å². The Kier molecular flexibility index (Phi) is 4.54. The zero-order chi connectivity index (χ0) is 19.8. The molecular formula is C22H19N3O3S. The van der Waals surface area contributed by atoms with Crippen molar-refractivity contribution in [3.63, 3.8) is 0 Å². The lowest BCUT2D eigenvalue weighted by molar-refractivity contribution is 0.174. The van der Waals surface area contributed by atoms with Crippen LogP contribution in [0.1, 0.15) is 11.4 Å². The van der Waals surface area contributed by atoms with Crippen molar-refractivity contribution in [3.05, 3.63) is 76.3 Å². The number of rotatable bonds is 5. The summed E-state index contributed by atoms with van der Waals surface area (Å²) >= 11 is 1.54. The Morgan fingerprint density at radius 3 is 2.76 bits per heavy atom. The van der Waals surface area contributed by atoms with Crippen molar-refractivity contribution >= 4 is 21.6 Å². The zero-order valence-electron chi connectivity index (χ0n) is 15.8. The number of H-pyrrole nitrogens is 1. The molecular weight excluding hydrogens is 386 g/mol. The first-order valence-electron chi connectivity index (χ1n) is 9.31. The van der Waals surface area contributed by atoms with Crippen LogP contribution in [0.3, 0.4) is 0 Å². The summed E-state index contributed by atoms with van der Waals surface area (Å²) < 4.78 is 10.8. The van der Waals surface area contributed by atoms with Gasteiger partial charge in [-0.3, -0.25) is 9.69 Å². The van der Waals surface area contributed by atoms with E-state index in [9.17, 15) is 4.79 Å². The molecule has 0 atom stereocenters. The van der Waals surface area contributed by atoms with Crippen LogP contribution < -0.4 is 15.0 Å². The van der Waals surface area contributed by atoms with Gasteiger partial charge < -0.3 is 14.5 Å². The number of hydrogen-bond donors (Lipinski definition) is 1. The molecule has 0 bridgehead atoms. The summed E-state index contributed by atoms with van der Waals surface area (Å²) in [4.78, 5) is 24.1. The minimum absolute atomic E-state index is 0.0973. The quantitative estimate of drug-likeness (QED) is 0.543. The third-order valence-electron chi connectivity index (χ3n) is 4.82. The Morgan fingerprint density at radius 1 is 1.07 bits per heavy atom. The molecule has 7 heteroatoms. The maximum absolute atomic E-state index is 12.6. The van der Waals surface area contributed by atoms with Crippen molar-refractivity contribution in [2.75, 3.05) is 13.8 Å². The second-order valence-electron chi connectivity index (χ2n) is 7.07. The molecule has 0 fully saturated rings. The van der Waals surface area contributed by atoms with E-state index in [0.717, 1.165) is 32.3 Å². The van der Waals surface area contributed by atoms with Crippen LogP contribution in [-0.2, 0) is 13.1 Å². The lowest BCUT2D eigenvalue weighted by Gasteiger charge is -2.16. The van der Waals surface area contributed by atoms with Gasteiger partial charge in [0, 0.05) is 11.4 Å². The summed E-state index contributed by atoms with van der Waals surface area (Å²) in [5.74, 6) is 2.21. The molecule has 0 spiro atoms. The number of nitrogens with zero attached hydrogens (tertiary/aromatic N) is 2. The van der Waals surface area contributed by atoms with Crippen LogP contribution in [0.4, 0.5) is 0 Å². The average Bonchev–Trinajstić information content (AvgIpc) is 3.35. The highest BCUT2D eigenvalue weighted by molar-refractivity contribution is 7.21. The minimum atomic E-state index is -0.0973. The number of fused-ring (bicyclic) bond motifs is 2. The summed E-state index contributed by atoms with van der Waals surface area (Å²) in [5.41, 5.74) is 2.11. The second kappa shape index (κ2) is 7.35. The van der Waals surface area contributed by atoms with E-state index in [-0.39, 0.29) is 12.4 Å². The van der Waals surface area contributed by atoms with E-state index < -0.39 is 0 Å². The zero-order valence-corrected chi connectivity index (χ0v) is 16.7. The Morgan fingerprint density at radius 2 is 1.90 bits per heavy atom. The highest BCUT2D eigenvalue weighted by Crippen LogP contribution is 2.33. The Bertz CT molecular complexity index is 1230. The summed E-state index contributed by atoms with van der Waals surface area (Å²) in [6, 6.07) is 17.9. The average molecular weight is 405 g/mol. The molecule has 2 aromatic heterocycles. The standard InChI is InChI=1S/C22H19N3O3S/c1-25(11-14-7-8-17-18(9-14)28-13-27-17)12-20-23-21(26)16-10-19(29-22(16)24-20)15-5-3-2-4-6-15/h2-10H,11-13H2,1H3,(H,23,24,26). The maximum atomic E-state index is 12.6. The molecule has 29 heavy (non-hydrogen) atoms. The van der Waals surface area contributed by atoms with Crippen molar-refractivity contribution in [2.24, 2.45) is 0 Å². The van der Waals surface area contributed by atoms with Crippen molar-refractivity contribution in [1.82, 2.24) is 14.9 Å². The second-order valence-corrected chi connectivity index (χ2v) is 8.10. The van der Waals surface area contributed by atoms with Crippen LogP contribution in [0.5, 0.6) is 11.5 Å². The van der Waals surface area contributed by atoms with Crippen molar-refractivity contribution in [3.8, 4) is 21.9 Å². The molecule has 0 saturated heterocycles. The lowest BCUT2D eigenvalue weighted by atomic mass is 10.2. The number of ether oxygens (including phenoxy) is 2. The number of aromatic amines is 1. The summed E-state index contributed by atoms with van der Waals surface area (Å²) in [6.45, 7) is 1.52. The summed E-state index contributed by atoms with van der Waals surface area (Å²) in [6.07, 6.45) is 0. The normalized spacial score (nSPS) is 12.8. The van der Waals surface area contributed by atoms with E-state index in [4.69, 9.17) is 14.5 Å². The summed E-state index contributed by atoms with van der Waals surface area (Å²) in [7, 11) is 2.00. The third-order valence-corrected chi connectivity index (χ3v) is 5.90. The number of hydrogen-bond acceptors (Lipinski definition) is 6. The molecule has 5 rings (SSSR count). The maximum Gasteiger partial charge on any atom is 0.259 e. The molecule has 146 valence electrons. The minimum Gasteiger partial charge on any atom is -0.454 e. The van der Waals surface area contributed by atoms with Gasteiger partial charge in [-0.15, -0.1) is 11.3 Å². The monoisotopic (exact) mass is 405 g/mol. The van der Waals surface area contributed by atoms with Gasteiger partial charge in [0.1, 0.15) is 10.7 Å². The van der Waals surface area contributed by atoms with Gasteiger partial charge in [0.15, 0.2) is 11.5 Å². The number of aromatic nitrogens is 2. The first-order chi connectivity index (χ1) is 14.2. The van der Waals surface area contributed by atoms with Gasteiger partial charge in [0.25, 0.3) is 5.56 Å². The Labute approximate surface area is 171 Å². The van der Waals surface area contributed by atoms with Gasteiger partial charge in [-0.1, -0.05) is 36.4 Å². The molecule has 0 aliphatic carbocycles. The van der Waals surface area contributed by atoms with Gasteiger partial charge in [0.2, 0.25) is 6.79 Å². The van der Waals surface area contributed by atoms with Gasteiger partial charge in [-0.2, -0.15) is 0 Å². The van der Waals surface area contributed by atoms with Crippen LogP contribution in [0.25, 0.3) is 20.7 Å². The highest BCUT2D eigenvalue weighted by Gasteiger charge is 2.15. The van der Waals surface area contributed by atoms with Crippen LogP contribution in [0.2, 0.25) is 0 Å². The molecule has 1 N–H and O–H groups in total. The molecule has 0 unspecified atom stereocenters. The number of nitrogens with one attached hydrogen (secondary N) is 1. The van der Waals surface area contributed by atoms with E-state index in [2.05, 4.69) is 9.88 Å². The Balaban J connectivity index is 1.36. The Hall–Kier alpha value is -3.16. The van der Waals surface area contributed by atoms with Crippen LogP contribution in [0, 0.1) is 0 Å². The van der Waals surface area contributed by atoms with E-state index in [1.54, 1.807) is 11.3 Å². The topological polar surface area (TPSA) is 67.5 Å². The van der Waals surface area contributed by atoms with Crippen LogP contribution in [-0.4, -0.2) is 28.7 Å². The molecule has 3 heterocycles. The molecule has 0 radical (unpaired) electrons. The molecule has 6 nitrogen and oxygen atoms in total. The van der Waals surface area contributed by atoms with Crippen LogP contribution >= 0.6 is 11.3 Å². The molecule has 0 amide bonds. The smallest absolute Gasteiger partial charge is 0.259 e. The summed E-state index contributed by atoms with van der Waals surface area (Å²) in [5, 5.41) is 0.635. The fraction of sp³-hybridized carbons (Fsp3) is 0.182. The first kappa shape index (κ1) is 17.9. The first-order valence-corrected chi connectivity index (χ1v) is 10.1. The molecule has 1 aliphatic heterocycles. The predicted molar refractivity (Wildman–Crippen MR) is 113 cm³/mol. The largest absolute Gasteiger partial charge is 0.454 e. The van der Waals surface area contributed by atoms with E-state index >= 15 is 0 Å². The van der Waals surface area contributed by atoms with Gasteiger partial charge in [-0.25, -0.2) is 4.98 Å². The van der Waals surface area contributed by atoms with E-state index in [1.807, 2.05) is 61.6 Å². The van der Waals surface area contributed by atoms with Crippen molar-refractivity contribution < 1.29 is 9.47 Å². The molecule has 1 aliphatic rings. The molecule has 4 aromatic rings. The molecule has 0 saturated carbocycles. The van der Waals surface area contributed by atoms with E-state index in [1.165, 1.54) is 0 Å². The molecule has 2 aromatic carbocycles. The van der Waals surface area contributed by atoms with Gasteiger partial charge in [-0.05, 0) is 36.4 Å². The third kappa shape index (κ3) is 3.62. The SMILES string of the molecule is CN(Cc1ccc2c(c1)OCO2)Cc1nc2sc(-c3ccccc3)cc2c(=O)[nH]1. The van der Waals surface area contributed by atoms with E-state index in [0.29, 0.717) is 24.3 Å². The number of benzene rings is 2. The predicted octanol–water partition coefficient (Wildman–Crippen LogP) is 4.01. The fourth-order valence-corrected chi connectivity index (χ4v) is 4.51. The van der Waals surface area contributed by atoms with Gasteiger partial charge >= 0.3 is 0 Å². The lowest BCUT2D eigenvalue weighted by Crippen LogP contribution is -2.21. The number of thiophene rings is 1.